The van der Waals surface area contributed by atoms with Gasteiger partial charge in [0.2, 0.25) is 0 Å². The second-order valence-corrected chi connectivity index (χ2v) is 6.78. The fraction of sp³-hybridized carbons (Fsp3) is 0.368. The number of nitrogens with zero attached hydrogens (tertiary/aromatic N) is 1. The Kier molecular flexibility index (Phi) is 7.72. The summed E-state index contributed by atoms with van der Waals surface area (Å²) in [7, 11) is 1.74. The zero-order valence-corrected chi connectivity index (χ0v) is 16.9. The van der Waals surface area contributed by atoms with Crippen molar-refractivity contribution in [3.05, 3.63) is 58.0 Å². The van der Waals surface area contributed by atoms with Gasteiger partial charge in [0.25, 0.3) is 5.91 Å². The lowest BCUT2D eigenvalue weighted by molar-refractivity contribution is 0.0925. The van der Waals surface area contributed by atoms with E-state index in [4.69, 9.17) is 4.42 Å². The van der Waals surface area contributed by atoms with Crippen LogP contribution in [0.15, 0.2) is 50.5 Å². The summed E-state index contributed by atoms with van der Waals surface area (Å²) in [4.78, 5) is 16.2. The molecule has 0 saturated carbocycles. The zero-order valence-electron chi connectivity index (χ0n) is 15.3. The largest absolute Gasteiger partial charge is 0.459 e. The Labute approximate surface area is 162 Å². The summed E-state index contributed by atoms with van der Waals surface area (Å²) < 4.78 is 6.23. The molecule has 0 radical (unpaired) electrons. The van der Waals surface area contributed by atoms with Crippen LogP contribution in [0.1, 0.15) is 41.1 Å². The molecule has 7 heteroatoms. The molecular formula is C19H25BrN4O2. The molecule has 2 aromatic rings. The minimum atomic E-state index is -0.183. The molecule has 26 heavy (non-hydrogen) atoms. The third kappa shape index (κ3) is 5.62. The molecule has 0 fully saturated rings. The van der Waals surface area contributed by atoms with Crippen LogP contribution in [0.2, 0.25) is 0 Å². The highest BCUT2D eigenvalue weighted by Gasteiger charge is 2.12. The lowest BCUT2D eigenvalue weighted by Gasteiger charge is -2.19. The normalized spacial score (nSPS) is 12.5. The average molecular weight is 421 g/mol. The van der Waals surface area contributed by atoms with E-state index in [2.05, 4.69) is 49.9 Å². The number of aryl methyl sites for hydroxylation is 1. The first-order valence-corrected chi connectivity index (χ1v) is 9.36. The molecular weight excluding hydrogens is 396 g/mol. The van der Waals surface area contributed by atoms with Crippen molar-refractivity contribution >= 4 is 27.8 Å². The van der Waals surface area contributed by atoms with Crippen LogP contribution in [0, 0.1) is 6.92 Å². The number of hydrogen-bond donors (Lipinski definition) is 3. The molecule has 0 spiro atoms. The first kappa shape index (κ1) is 20.0. The Bertz CT molecular complexity index is 758. The number of benzene rings is 1. The SMILES string of the molecule is CN=C(NCCCNC(=O)c1occc1C)NC(C)c1ccccc1Br. The number of furan rings is 1. The number of amides is 1. The van der Waals surface area contributed by atoms with Gasteiger partial charge in [0.15, 0.2) is 11.7 Å². The van der Waals surface area contributed by atoms with E-state index < -0.39 is 0 Å². The standard InChI is InChI=1S/C19H25BrN4O2/c1-13-9-12-26-17(13)18(25)22-10-6-11-23-19(21-3)24-14(2)15-7-4-5-8-16(15)20/h4-5,7-9,12,14H,6,10-11H2,1-3H3,(H,22,25)(H2,21,23,24). The number of aliphatic imine (C=N–C) groups is 1. The van der Waals surface area contributed by atoms with Crippen LogP contribution in [0.25, 0.3) is 0 Å². The van der Waals surface area contributed by atoms with Gasteiger partial charge < -0.3 is 20.4 Å². The van der Waals surface area contributed by atoms with E-state index in [1.54, 1.807) is 13.1 Å². The lowest BCUT2D eigenvalue weighted by atomic mass is 10.1. The quantitative estimate of drug-likeness (QED) is 0.364. The van der Waals surface area contributed by atoms with E-state index in [9.17, 15) is 4.79 Å². The van der Waals surface area contributed by atoms with E-state index in [1.807, 2.05) is 25.1 Å². The third-order valence-corrected chi connectivity index (χ3v) is 4.67. The highest BCUT2D eigenvalue weighted by Crippen LogP contribution is 2.22. The van der Waals surface area contributed by atoms with Crippen molar-refractivity contribution in [2.45, 2.75) is 26.3 Å². The number of halogens is 1. The number of guanidine groups is 1. The van der Waals surface area contributed by atoms with Gasteiger partial charge >= 0.3 is 0 Å². The maximum absolute atomic E-state index is 11.9. The van der Waals surface area contributed by atoms with E-state index in [1.165, 1.54) is 6.26 Å². The van der Waals surface area contributed by atoms with Crippen LogP contribution >= 0.6 is 15.9 Å². The van der Waals surface area contributed by atoms with Crippen LogP contribution in [0.4, 0.5) is 0 Å². The second-order valence-electron chi connectivity index (χ2n) is 5.93. The van der Waals surface area contributed by atoms with Crippen LogP contribution in [-0.2, 0) is 0 Å². The Morgan fingerprint density at radius 3 is 2.62 bits per heavy atom. The third-order valence-electron chi connectivity index (χ3n) is 3.95. The minimum Gasteiger partial charge on any atom is -0.459 e. The minimum absolute atomic E-state index is 0.110. The molecule has 1 aromatic heterocycles. The van der Waals surface area contributed by atoms with Gasteiger partial charge in [-0.2, -0.15) is 0 Å². The van der Waals surface area contributed by atoms with Crippen molar-refractivity contribution in [2.75, 3.05) is 20.1 Å². The van der Waals surface area contributed by atoms with E-state index >= 15 is 0 Å². The van der Waals surface area contributed by atoms with E-state index in [-0.39, 0.29) is 11.9 Å². The average Bonchev–Trinajstić information content (AvgIpc) is 3.06. The van der Waals surface area contributed by atoms with E-state index in [0.29, 0.717) is 18.8 Å². The Hall–Kier alpha value is -2.28. The van der Waals surface area contributed by atoms with Crippen molar-refractivity contribution in [3.8, 4) is 0 Å². The molecule has 0 aliphatic rings. The van der Waals surface area contributed by atoms with Gasteiger partial charge in [0, 0.05) is 30.2 Å². The molecule has 0 aliphatic heterocycles. The van der Waals surface area contributed by atoms with Gasteiger partial charge in [0.1, 0.15) is 0 Å². The first-order valence-electron chi connectivity index (χ1n) is 8.56. The van der Waals surface area contributed by atoms with Crippen LogP contribution in [0.5, 0.6) is 0 Å². The number of nitrogens with one attached hydrogen (secondary N) is 3. The molecule has 0 aliphatic carbocycles. The summed E-state index contributed by atoms with van der Waals surface area (Å²) in [6.07, 6.45) is 2.29. The van der Waals surface area contributed by atoms with Crippen LogP contribution in [0.3, 0.4) is 0 Å². The maximum atomic E-state index is 11.9. The molecule has 1 unspecified atom stereocenters. The lowest BCUT2D eigenvalue weighted by Crippen LogP contribution is -2.40. The summed E-state index contributed by atoms with van der Waals surface area (Å²) in [6.45, 7) is 5.18. The van der Waals surface area contributed by atoms with Gasteiger partial charge in [-0.15, -0.1) is 0 Å². The predicted octanol–water partition coefficient (Wildman–Crippen LogP) is 3.40. The summed E-state index contributed by atoms with van der Waals surface area (Å²) >= 11 is 3.57. The highest BCUT2D eigenvalue weighted by molar-refractivity contribution is 9.10. The monoisotopic (exact) mass is 420 g/mol. The summed E-state index contributed by atoms with van der Waals surface area (Å²) in [5.41, 5.74) is 2.00. The zero-order chi connectivity index (χ0) is 18.9. The van der Waals surface area contributed by atoms with Crippen LogP contribution < -0.4 is 16.0 Å². The summed E-state index contributed by atoms with van der Waals surface area (Å²) in [5, 5.41) is 9.47. The van der Waals surface area contributed by atoms with Gasteiger partial charge in [-0.3, -0.25) is 9.79 Å². The molecule has 3 N–H and O–H groups in total. The van der Waals surface area contributed by atoms with Gasteiger partial charge in [-0.1, -0.05) is 34.1 Å². The molecule has 2 rings (SSSR count). The number of carbonyl (C=O) groups is 1. The van der Waals surface area contributed by atoms with Crippen molar-refractivity contribution in [1.82, 2.24) is 16.0 Å². The maximum Gasteiger partial charge on any atom is 0.287 e. The molecule has 0 bridgehead atoms. The van der Waals surface area contributed by atoms with Gasteiger partial charge in [0.05, 0.1) is 12.3 Å². The Morgan fingerprint density at radius 1 is 1.23 bits per heavy atom. The van der Waals surface area contributed by atoms with Crippen molar-refractivity contribution in [1.29, 1.82) is 0 Å². The summed E-state index contributed by atoms with van der Waals surface area (Å²) in [5.74, 6) is 0.914. The van der Waals surface area contributed by atoms with Crippen molar-refractivity contribution in [2.24, 2.45) is 4.99 Å². The van der Waals surface area contributed by atoms with E-state index in [0.717, 1.165) is 28.0 Å². The fourth-order valence-corrected chi connectivity index (χ4v) is 3.11. The summed E-state index contributed by atoms with van der Waals surface area (Å²) in [6, 6.07) is 9.98. The molecule has 1 aromatic carbocycles. The number of hydrogen-bond acceptors (Lipinski definition) is 3. The van der Waals surface area contributed by atoms with Crippen LogP contribution in [-0.4, -0.2) is 32.0 Å². The Balaban J connectivity index is 1.71. The van der Waals surface area contributed by atoms with Crippen molar-refractivity contribution in [3.63, 3.8) is 0 Å². The molecule has 6 nitrogen and oxygen atoms in total. The topological polar surface area (TPSA) is 78.7 Å². The predicted molar refractivity (Wildman–Crippen MR) is 107 cm³/mol. The number of carbonyl (C=O) groups excluding carboxylic acids is 1. The highest BCUT2D eigenvalue weighted by atomic mass is 79.9. The second kappa shape index (κ2) is 10.0. The Morgan fingerprint density at radius 2 is 1.96 bits per heavy atom. The molecule has 140 valence electrons. The smallest absolute Gasteiger partial charge is 0.287 e. The molecule has 1 heterocycles. The first-order chi connectivity index (χ1) is 12.5. The molecule has 0 saturated heterocycles. The van der Waals surface area contributed by atoms with Gasteiger partial charge in [-0.05, 0) is 38.0 Å². The number of rotatable bonds is 7. The molecule has 1 atom stereocenters. The van der Waals surface area contributed by atoms with Gasteiger partial charge in [-0.25, -0.2) is 0 Å². The molecule has 1 amide bonds. The van der Waals surface area contributed by atoms with Crippen molar-refractivity contribution < 1.29 is 9.21 Å². The fourth-order valence-electron chi connectivity index (χ4n) is 2.49.